The molecule has 1 amide bonds. The number of fused-ring (bicyclic) bond motifs is 1. The van der Waals surface area contributed by atoms with E-state index in [-0.39, 0.29) is 10.5 Å². The molecule has 1 aromatic heterocycles. The first kappa shape index (κ1) is 18.5. The average Bonchev–Trinajstić information content (AvgIpc) is 2.90. The highest BCUT2D eigenvalue weighted by atomic mass is 32.2. The molecular weight excluding hydrogens is 368 g/mol. The van der Waals surface area contributed by atoms with Crippen molar-refractivity contribution < 1.29 is 13.2 Å². The number of sulfone groups is 1. The van der Waals surface area contributed by atoms with Crippen molar-refractivity contribution in [2.24, 2.45) is 4.99 Å². The van der Waals surface area contributed by atoms with E-state index in [1.54, 1.807) is 12.1 Å². The maximum atomic E-state index is 12.7. The highest BCUT2D eigenvalue weighted by Gasteiger charge is 2.18. The van der Waals surface area contributed by atoms with Gasteiger partial charge in [-0.15, -0.1) is 0 Å². The summed E-state index contributed by atoms with van der Waals surface area (Å²) in [6.07, 6.45) is 1.09. The van der Waals surface area contributed by atoms with Gasteiger partial charge >= 0.3 is 0 Å². The molecule has 7 heteroatoms. The molecule has 0 aliphatic heterocycles. The second-order valence-electron chi connectivity index (χ2n) is 6.22. The van der Waals surface area contributed by atoms with Crippen LogP contribution in [-0.4, -0.2) is 25.1 Å². The van der Waals surface area contributed by atoms with E-state index in [0.717, 1.165) is 16.5 Å². The Morgan fingerprint density at radius 2 is 1.81 bits per heavy atom. The van der Waals surface area contributed by atoms with Crippen LogP contribution in [0.2, 0.25) is 0 Å². The number of rotatable bonds is 3. The number of amides is 1. The van der Waals surface area contributed by atoms with Gasteiger partial charge in [0.25, 0.3) is 5.91 Å². The molecule has 26 heavy (non-hydrogen) atoms. The summed E-state index contributed by atoms with van der Waals surface area (Å²) in [5.74, 6) is -0.548. The molecule has 0 fully saturated rings. The molecule has 0 aliphatic carbocycles. The second kappa shape index (κ2) is 6.81. The third kappa shape index (κ3) is 3.37. The molecule has 0 aliphatic rings. The van der Waals surface area contributed by atoms with Crippen molar-refractivity contribution in [2.75, 3.05) is 6.26 Å². The highest BCUT2D eigenvalue weighted by molar-refractivity contribution is 7.90. The van der Waals surface area contributed by atoms with Crippen LogP contribution < -0.4 is 4.80 Å². The smallest absolute Gasteiger partial charge is 0.280 e. The molecule has 5 nitrogen and oxygen atoms in total. The van der Waals surface area contributed by atoms with Gasteiger partial charge in [0.1, 0.15) is 0 Å². The number of aryl methyl sites for hydroxylation is 3. The first-order valence-electron chi connectivity index (χ1n) is 8.21. The maximum Gasteiger partial charge on any atom is 0.280 e. The molecule has 0 N–H and O–H groups in total. The lowest BCUT2D eigenvalue weighted by atomic mass is 10.1. The Morgan fingerprint density at radius 1 is 1.15 bits per heavy atom. The topological polar surface area (TPSA) is 68.5 Å². The van der Waals surface area contributed by atoms with Gasteiger partial charge in [-0.05, 0) is 56.2 Å². The molecule has 2 aromatic carbocycles. The predicted octanol–water partition coefficient (Wildman–Crippen LogP) is 3.48. The average molecular weight is 389 g/mol. The molecule has 0 bridgehead atoms. The van der Waals surface area contributed by atoms with E-state index in [9.17, 15) is 13.2 Å². The van der Waals surface area contributed by atoms with Gasteiger partial charge in [0.05, 0.1) is 20.7 Å². The van der Waals surface area contributed by atoms with Crippen molar-refractivity contribution >= 4 is 37.3 Å². The number of hydrogen-bond donors (Lipinski definition) is 0. The van der Waals surface area contributed by atoms with E-state index in [2.05, 4.69) is 31.0 Å². The quantitative estimate of drug-likeness (QED) is 0.690. The minimum Gasteiger partial charge on any atom is -0.317 e. The zero-order valence-corrected chi connectivity index (χ0v) is 16.7. The minimum atomic E-state index is -3.51. The fraction of sp³-hybridized carbons (Fsp3) is 0.263. The third-order valence-electron chi connectivity index (χ3n) is 4.33. The molecule has 0 radical (unpaired) electrons. The standard InChI is InChI=1S/C19H20N2O3S2/c1-5-21-15-10-12(2)13(3)11-16(15)25-19(21)20-18(22)14-8-6-7-9-17(14)26(4,23)24/h6-11H,5H2,1-4H3. The number of thiazole rings is 1. The van der Waals surface area contributed by atoms with Crippen LogP contribution in [0.5, 0.6) is 0 Å². The van der Waals surface area contributed by atoms with Crippen LogP contribution in [0.15, 0.2) is 46.3 Å². The number of benzene rings is 2. The lowest BCUT2D eigenvalue weighted by Crippen LogP contribution is -2.17. The largest absolute Gasteiger partial charge is 0.317 e. The minimum absolute atomic E-state index is 0.00426. The molecule has 3 aromatic rings. The Bertz CT molecular complexity index is 1190. The Balaban J connectivity index is 2.22. The van der Waals surface area contributed by atoms with E-state index in [4.69, 9.17) is 0 Å². The van der Waals surface area contributed by atoms with Crippen LogP contribution in [0.3, 0.4) is 0 Å². The second-order valence-corrected chi connectivity index (χ2v) is 9.21. The molecule has 1 heterocycles. The first-order valence-corrected chi connectivity index (χ1v) is 10.9. The fourth-order valence-corrected chi connectivity index (χ4v) is 4.88. The van der Waals surface area contributed by atoms with E-state index in [1.165, 1.54) is 34.6 Å². The van der Waals surface area contributed by atoms with E-state index in [1.807, 2.05) is 11.5 Å². The summed E-state index contributed by atoms with van der Waals surface area (Å²) < 4.78 is 26.9. The molecule has 0 saturated heterocycles. The molecule has 136 valence electrons. The summed E-state index contributed by atoms with van der Waals surface area (Å²) in [4.78, 5) is 17.5. The summed E-state index contributed by atoms with van der Waals surface area (Å²) in [5, 5.41) is 0. The van der Waals surface area contributed by atoms with Gasteiger partial charge in [-0.2, -0.15) is 4.99 Å². The van der Waals surface area contributed by atoms with Crippen LogP contribution >= 0.6 is 11.3 Å². The number of carbonyl (C=O) groups excluding carboxylic acids is 1. The number of nitrogens with zero attached hydrogens (tertiary/aromatic N) is 2. The monoisotopic (exact) mass is 388 g/mol. The summed E-state index contributed by atoms with van der Waals surface area (Å²) in [6, 6.07) is 10.4. The summed E-state index contributed by atoms with van der Waals surface area (Å²) in [7, 11) is -3.51. The van der Waals surface area contributed by atoms with E-state index >= 15 is 0 Å². The summed E-state index contributed by atoms with van der Waals surface area (Å²) in [6.45, 7) is 6.77. The predicted molar refractivity (Wildman–Crippen MR) is 104 cm³/mol. The van der Waals surface area contributed by atoms with Crippen LogP contribution in [0.4, 0.5) is 0 Å². The Labute approximate surface area is 156 Å². The molecule has 0 unspecified atom stereocenters. The Morgan fingerprint density at radius 3 is 2.46 bits per heavy atom. The molecule has 0 spiro atoms. The van der Waals surface area contributed by atoms with Crippen molar-refractivity contribution in [3.05, 3.63) is 57.9 Å². The molecule has 0 saturated carbocycles. The maximum absolute atomic E-state index is 12.7. The molecule has 3 rings (SSSR count). The summed E-state index contributed by atoms with van der Waals surface area (Å²) in [5.41, 5.74) is 3.49. The van der Waals surface area contributed by atoms with Crippen molar-refractivity contribution in [1.29, 1.82) is 0 Å². The lowest BCUT2D eigenvalue weighted by Gasteiger charge is -2.05. The Hall–Kier alpha value is -2.25. The van der Waals surface area contributed by atoms with Gasteiger partial charge in [0.2, 0.25) is 0 Å². The van der Waals surface area contributed by atoms with Gasteiger partial charge in [-0.25, -0.2) is 8.42 Å². The fourth-order valence-electron chi connectivity index (χ4n) is 2.83. The van der Waals surface area contributed by atoms with Gasteiger partial charge in [-0.1, -0.05) is 23.5 Å². The normalized spacial score (nSPS) is 12.7. The van der Waals surface area contributed by atoms with E-state index < -0.39 is 15.7 Å². The van der Waals surface area contributed by atoms with Gasteiger partial charge in [0.15, 0.2) is 14.6 Å². The van der Waals surface area contributed by atoms with Gasteiger partial charge in [0, 0.05) is 12.8 Å². The first-order chi connectivity index (χ1) is 12.2. The number of hydrogen-bond acceptors (Lipinski definition) is 4. The van der Waals surface area contributed by atoms with Crippen LogP contribution in [0.1, 0.15) is 28.4 Å². The molecular formula is C19H20N2O3S2. The van der Waals surface area contributed by atoms with Crippen molar-refractivity contribution in [1.82, 2.24) is 4.57 Å². The van der Waals surface area contributed by atoms with Gasteiger partial charge in [-0.3, -0.25) is 4.79 Å². The Kier molecular flexibility index (Phi) is 4.86. The van der Waals surface area contributed by atoms with E-state index in [0.29, 0.717) is 11.3 Å². The lowest BCUT2D eigenvalue weighted by molar-refractivity contribution is 0.0994. The van der Waals surface area contributed by atoms with Crippen LogP contribution in [0, 0.1) is 13.8 Å². The zero-order chi connectivity index (χ0) is 19.1. The SMILES string of the molecule is CCn1c(=NC(=O)c2ccccc2S(C)(=O)=O)sc2cc(C)c(C)cc21. The van der Waals surface area contributed by atoms with Crippen molar-refractivity contribution in [3.8, 4) is 0 Å². The van der Waals surface area contributed by atoms with Crippen LogP contribution in [0.25, 0.3) is 10.2 Å². The number of aromatic nitrogens is 1. The highest BCUT2D eigenvalue weighted by Crippen LogP contribution is 2.22. The summed E-state index contributed by atoms with van der Waals surface area (Å²) >= 11 is 1.43. The number of carbonyl (C=O) groups is 1. The zero-order valence-electron chi connectivity index (χ0n) is 15.1. The van der Waals surface area contributed by atoms with Gasteiger partial charge < -0.3 is 4.57 Å². The van der Waals surface area contributed by atoms with Crippen molar-refractivity contribution in [3.63, 3.8) is 0 Å². The molecule has 0 atom stereocenters. The third-order valence-corrected chi connectivity index (χ3v) is 6.52. The van der Waals surface area contributed by atoms with Crippen LogP contribution in [-0.2, 0) is 16.4 Å². The van der Waals surface area contributed by atoms with Crippen molar-refractivity contribution in [2.45, 2.75) is 32.2 Å².